The van der Waals surface area contributed by atoms with Gasteiger partial charge in [0.1, 0.15) is 5.82 Å². The molecule has 1 aromatic heterocycles. The van der Waals surface area contributed by atoms with E-state index < -0.39 is 11.6 Å². The molecule has 2 N–H and O–H groups in total. The fraction of sp³-hybridized carbons (Fsp3) is 0. The van der Waals surface area contributed by atoms with Crippen molar-refractivity contribution in [3.63, 3.8) is 0 Å². The van der Waals surface area contributed by atoms with Gasteiger partial charge in [0.15, 0.2) is 11.6 Å². The highest BCUT2D eigenvalue weighted by Gasteiger charge is 2.06. The molecule has 0 bridgehead atoms. The van der Waals surface area contributed by atoms with Crippen molar-refractivity contribution in [3.8, 4) is 11.1 Å². The molecule has 0 unspecified atom stereocenters. The molecule has 0 atom stereocenters. The third-order valence-corrected chi connectivity index (χ3v) is 2.07. The van der Waals surface area contributed by atoms with Gasteiger partial charge in [-0.05, 0) is 29.8 Å². The van der Waals surface area contributed by atoms with Gasteiger partial charge in [-0.2, -0.15) is 0 Å². The average molecular weight is 206 g/mol. The first-order chi connectivity index (χ1) is 7.18. The second-order valence-electron chi connectivity index (χ2n) is 3.07. The molecular weight excluding hydrogens is 198 g/mol. The molecule has 76 valence electrons. The first kappa shape index (κ1) is 9.58. The highest BCUT2D eigenvalue weighted by Crippen LogP contribution is 2.24. The number of hydrogen-bond acceptors (Lipinski definition) is 2. The van der Waals surface area contributed by atoms with Crippen molar-refractivity contribution in [1.29, 1.82) is 0 Å². The fourth-order valence-electron chi connectivity index (χ4n) is 1.33. The van der Waals surface area contributed by atoms with E-state index in [1.54, 1.807) is 18.3 Å². The van der Waals surface area contributed by atoms with Crippen LogP contribution in [0.2, 0.25) is 0 Å². The number of rotatable bonds is 1. The summed E-state index contributed by atoms with van der Waals surface area (Å²) in [5.74, 6) is -1.47. The summed E-state index contributed by atoms with van der Waals surface area (Å²) in [7, 11) is 0. The third-order valence-electron chi connectivity index (χ3n) is 2.07. The van der Waals surface area contributed by atoms with E-state index in [9.17, 15) is 8.78 Å². The Balaban J connectivity index is 2.55. The molecule has 0 saturated heterocycles. The first-order valence-electron chi connectivity index (χ1n) is 4.34. The summed E-state index contributed by atoms with van der Waals surface area (Å²) in [4.78, 5) is 3.87. The topological polar surface area (TPSA) is 38.9 Å². The van der Waals surface area contributed by atoms with Crippen molar-refractivity contribution >= 4 is 5.82 Å². The lowest BCUT2D eigenvalue weighted by Crippen LogP contribution is -1.94. The Morgan fingerprint density at radius 3 is 2.53 bits per heavy atom. The third kappa shape index (κ3) is 1.79. The minimum Gasteiger partial charge on any atom is -0.383 e. The van der Waals surface area contributed by atoms with Crippen molar-refractivity contribution in [2.24, 2.45) is 0 Å². The Morgan fingerprint density at radius 1 is 1.07 bits per heavy atom. The lowest BCUT2D eigenvalue weighted by molar-refractivity contribution is 0.509. The van der Waals surface area contributed by atoms with Crippen LogP contribution in [-0.2, 0) is 0 Å². The monoisotopic (exact) mass is 206 g/mol. The van der Waals surface area contributed by atoms with E-state index in [4.69, 9.17) is 5.73 Å². The molecule has 1 heterocycles. The van der Waals surface area contributed by atoms with E-state index in [1.807, 2.05) is 0 Å². The van der Waals surface area contributed by atoms with Crippen LogP contribution >= 0.6 is 0 Å². The van der Waals surface area contributed by atoms with Crippen molar-refractivity contribution in [2.75, 3.05) is 5.73 Å². The summed E-state index contributed by atoms with van der Waals surface area (Å²) in [5.41, 5.74) is 6.72. The molecule has 4 heteroatoms. The lowest BCUT2D eigenvalue weighted by Gasteiger charge is -2.04. The molecular formula is C11H8F2N2. The van der Waals surface area contributed by atoms with Crippen molar-refractivity contribution in [2.45, 2.75) is 0 Å². The fourth-order valence-corrected chi connectivity index (χ4v) is 1.33. The van der Waals surface area contributed by atoms with Gasteiger partial charge in [-0.1, -0.05) is 6.07 Å². The second kappa shape index (κ2) is 3.65. The van der Waals surface area contributed by atoms with Crippen LogP contribution in [0.5, 0.6) is 0 Å². The molecule has 2 nitrogen and oxygen atoms in total. The van der Waals surface area contributed by atoms with Gasteiger partial charge in [0, 0.05) is 11.8 Å². The van der Waals surface area contributed by atoms with Gasteiger partial charge in [-0.3, -0.25) is 0 Å². The van der Waals surface area contributed by atoms with E-state index in [1.165, 1.54) is 6.07 Å². The number of nitrogens with zero attached hydrogens (tertiary/aromatic N) is 1. The smallest absolute Gasteiger partial charge is 0.159 e. The number of nitrogen functional groups attached to an aromatic ring is 1. The molecule has 2 aromatic rings. The van der Waals surface area contributed by atoms with Gasteiger partial charge in [0.2, 0.25) is 0 Å². The van der Waals surface area contributed by atoms with Crippen LogP contribution in [0.15, 0.2) is 36.5 Å². The van der Waals surface area contributed by atoms with E-state index in [0.717, 1.165) is 12.1 Å². The van der Waals surface area contributed by atoms with Crippen molar-refractivity contribution in [1.82, 2.24) is 4.98 Å². The minimum atomic E-state index is -0.893. The highest BCUT2D eigenvalue weighted by atomic mass is 19.2. The number of benzene rings is 1. The minimum absolute atomic E-state index is 0.295. The average Bonchev–Trinajstić information content (AvgIpc) is 2.23. The second-order valence-corrected chi connectivity index (χ2v) is 3.07. The summed E-state index contributed by atoms with van der Waals surface area (Å²) in [6, 6.07) is 7.02. The van der Waals surface area contributed by atoms with Gasteiger partial charge in [0.05, 0.1) is 0 Å². The van der Waals surface area contributed by atoms with E-state index in [-0.39, 0.29) is 0 Å². The van der Waals surface area contributed by atoms with Crippen LogP contribution in [-0.4, -0.2) is 4.98 Å². The predicted octanol–water partition coefficient (Wildman–Crippen LogP) is 2.61. The summed E-state index contributed by atoms with van der Waals surface area (Å²) in [6.07, 6.45) is 1.54. The molecule has 0 spiro atoms. The molecule has 0 aliphatic carbocycles. The Kier molecular flexibility index (Phi) is 2.33. The van der Waals surface area contributed by atoms with E-state index >= 15 is 0 Å². The predicted molar refractivity (Wildman–Crippen MR) is 54.0 cm³/mol. The molecule has 0 saturated carbocycles. The maximum Gasteiger partial charge on any atom is 0.159 e. The number of halogens is 2. The van der Waals surface area contributed by atoms with Gasteiger partial charge >= 0.3 is 0 Å². The molecule has 15 heavy (non-hydrogen) atoms. The SMILES string of the molecule is Nc1ncccc1-c1ccc(F)c(F)c1. The number of nitrogens with two attached hydrogens (primary N) is 1. The first-order valence-corrected chi connectivity index (χ1v) is 4.34. The number of pyridine rings is 1. The van der Waals surface area contributed by atoms with Crippen molar-refractivity contribution < 1.29 is 8.78 Å². The summed E-state index contributed by atoms with van der Waals surface area (Å²) >= 11 is 0. The summed E-state index contributed by atoms with van der Waals surface area (Å²) < 4.78 is 25.7. The molecule has 0 aliphatic rings. The molecule has 0 fully saturated rings. The Bertz CT molecular complexity index is 498. The molecule has 1 aromatic carbocycles. The number of aromatic nitrogens is 1. The normalized spacial score (nSPS) is 10.3. The van der Waals surface area contributed by atoms with Gasteiger partial charge in [0.25, 0.3) is 0 Å². The number of anilines is 1. The zero-order chi connectivity index (χ0) is 10.8. The van der Waals surface area contributed by atoms with E-state index in [2.05, 4.69) is 4.98 Å². The Morgan fingerprint density at radius 2 is 1.87 bits per heavy atom. The molecule has 0 amide bonds. The standard InChI is InChI=1S/C11H8F2N2/c12-9-4-3-7(6-10(9)13)8-2-1-5-15-11(8)14/h1-6H,(H2,14,15). The van der Waals surface area contributed by atoms with E-state index in [0.29, 0.717) is 16.9 Å². The Labute approximate surface area is 85.4 Å². The van der Waals surface area contributed by atoms with Crippen LogP contribution in [0.1, 0.15) is 0 Å². The maximum absolute atomic E-state index is 13.0. The van der Waals surface area contributed by atoms with Crippen molar-refractivity contribution in [3.05, 3.63) is 48.2 Å². The zero-order valence-electron chi connectivity index (χ0n) is 7.74. The largest absolute Gasteiger partial charge is 0.383 e. The lowest BCUT2D eigenvalue weighted by atomic mass is 10.1. The Hall–Kier alpha value is -1.97. The van der Waals surface area contributed by atoms with Crippen LogP contribution < -0.4 is 5.73 Å². The van der Waals surface area contributed by atoms with Crippen LogP contribution in [0.4, 0.5) is 14.6 Å². The summed E-state index contributed by atoms with van der Waals surface area (Å²) in [6.45, 7) is 0. The maximum atomic E-state index is 13.0. The molecule has 2 rings (SSSR count). The van der Waals surface area contributed by atoms with Gasteiger partial charge in [-0.25, -0.2) is 13.8 Å². The van der Waals surface area contributed by atoms with Crippen LogP contribution in [0.3, 0.4) is 0 Å². The molecule has 0 aliphatic heterocycles. The number of hydrogen-bond donors (Lipinski definition) is 1. The van der Waals surface area contributed by atoms with Crippen LogP contribution in [0, 0.1) is 11.6 Å². The summed E-state index contributed by atoms with van der Waals surface area (Å²) in [5, 5.41) is 0. The molecule has 0 radical (unpaired) electrons. The quantitative estimate of drug-likeness (QED) is 0.778. The zero-order valence-corrected chi connectivity index (χ0v) is 7.74. The van der Waals surface area contributed by atoms with Crippen LogP contribution in [0.25, 0.3) is 11.1 Å². The highest BCUT2D eigenvalue weighted by molar-refractivity contribution is 5.73. The van der Waals surface area contributed by atoms with Gasteiger partial charge in [-0.15, -0.1) is 0 Å². The van der Waals surface area contributed by atoms with Gasteiger partial charge < -0.3 is 5.73 Å².